The van der Waals surface area contributed by atoms with Crippen molar-refractivity contribution in [3.8, 4) is 0 Å². The van der Waals surface area contributed by atoms with Gasteiger partial charge in [0, 0.05) is 11.9 Å². The van der Waals surface area contributed by atoms with Gasteiger partial charge in [0.15, 0.2) is 0 Å². The van der Waals surface area contributed by atoms with Crippen LogP contribution in [-0.4, -0.2) is 21.1 Å². The van der Waals surface area contributed by atoms with Gasteiger partial charge in [-0.25, -0.2) is 14.4 Å². The third-order valence-electron chi connectivity index (χ3n) is 3.72. The highest BCUT2D eigenvalue weighted by Gasteiger charge is 2.17. The minimum Gasteiger partial charge on any atom is -0.351 e. The van der Waals surface area contributed by atoms with E-state index in [1.807, 2.05) is 38.1 Å². The molecular weight excluding hydrogens is 337 g/mol. The van der Waals surface area contributed by atoms with Gasteiger partial charge in [0.1, 0.15) is 16.7 Å². The summed E-state index contributed by atoms with van der Waals surface area (Å²) in [5.41, 5.74) is 1.73. The fourth-order valence-corrected chi connectivity index (χ4v) is 3.41. The second-order valence-corrected chi connectivity index (χ2v) is 7.03. The van der Waals surface area contributed by atoms with E-state index in [0.717, 1.165) is 21.5 Å². The summed E-state index contributed by atoms with van der Waals surface area (Å²) in [6.45, 7) is 4.06. The smallest absolute Gasteiger partial charge is 0.233 e. The number of hydrogen-bond acceptors (Lipinski definition) is 4. The predicted octanol–water partition coefficient (Wildman–Crippen LogP) is 3.87. The fraction of sp³-hybridized carbons (Fsp3) is 0.211. The lowest BCUT2D eigenvalue weighted by Gasteiger charge is -2.13. The van der Waals surface area contributed by atoms with Crippen molar-refractivity contribution in [1.29, 1.82) is 0 Å². The van der Waals surface area contributed by atoms with E-state index in [1.165, 1.54) is 23.9 Å². The van der Waals surface area contributed by atoms with Crippen LogP contribution in [0.25, 0.3) is 10.9 Å². The molecule has 4 nitrogen and oxygen atoms in total. The number of para-hydroxylation sites is 1. The van der Waals surface area contributed by atoms with Crippen molar-refractivity contribution >= 4 is 28.6 Å². The standard InChI is InChI=1S/C19H18FN3OS/c1-12(18(24)21-11-14-7-9-15(20)10-8-14)25-19-16-5-3-4-6-17(16)22-13(2)23-19/h3-10,12H,11H2,1-2H3,(H,21,24). The predicted molar refractivity (Wildman–Crippen MR) is 97.8 cm³/mol. The van der Waals surface area contributed by atoms with E-state index in [4.69, 9.17) is 0 Å². The Morgan fingerprint density at radius 3 is 2.64 bits per heavy atom. The van der Waals surface area contributed by atoms with Gasteiger partial charge in [0.2, 0.25) is 5.91 Å². The second kappa shape index (κ2) is 7.61. The molecule has 0 saturated carbocycles. The molecule has 0 saturated heterocycles. The highest BCUT2D eigenvalue weighted by molar-refractivity contribution is 8.00. The number of hydrogen-bond donors (Lipinski definition) is 1. The fourth-order valence-electron chi connectivity index (χ4n) is 2.40. The van der Waals surface area contributed by atoms with Gasteiger partial charge in [-0.3, -0.25) is 4.79 Å². The lowest BCUT2D eigenvalue weighted by atomic mass is 10.2. The van der Waals surface area contributed by atoms with Crippen molar-refractivity contribution in [2.45, 2.75) is 30.7 Å². The summed E-state index contributed by atoms with van der Waals surface area (Å²) < 4.78 is 12.9. The summed E-state index contributed by atoms with van der Waals surface area (Å²) in [6.07, 6.45) is 0. The molecule has 0 aliphatic heterocycles. The number of amides is 1. The van der Waals surface area contributed by atoms with Crippen LogP contribution < -0.4 is 5.32 Å². The molecule has 0 fully saturated rings. The van der Waals surface area contributed by atoms with Crippen LogP contribution in [-0.2, 0) is 11.3 Å². The Balaban J connectivity index is 1.68. The van der Waals surface area contributed by atoms with Crippen LogP contribution in [0.4, 0.5) is 4.39 Å². The molecule has 1 amide bonds. The third kappa shape index (κ3) is 4.33. The van der Waals surface area contributed by atoms with Crippen molar-refractivity contribution in [3.05, 3.63) is 65.7 Å². The van der Waals surface area contributed by atoms with Gasteiger partial charge >= 0.3 is 0 Å². The average molecular weight is 355 g/mol. The van der Waals surface area contributed by atoms with Crippen LogP contribution in [0.3, 0.4) is 0 Å². The number of rotatable bonds is 5. The molecule has 3 aromatic rings. The summed E-state index contributed by atoms with van der Waals surface area (Å²) in [5.74, 6) is 0.305. The first kappa shape index (κ1) is 17.4. The highest BCUT2D eigenvalue weighted by Crippen LogP contribution is 2.28. The lowest BCUT2D eigenvalue weighted by Crippen LogP contribution is -2.30. The van der Waals surface area contributed by atoms with Gasteiger partial charge in [-0.05, 0) is 37.6 Å². The SMILES string of the molecule is Cc1nc(SC(C)C(=O)NCc2ccc(F)cc2)c2ccccc2n1. The summed E-state index contributed by atoms with van der Waals surface area (Å²) in [5, 5.41) is 4.31. The molecule has 1 heterocycles. The Morgan fingerprint density at radius 1 is 1.16 bits per heavy atom. The van der Waals surface area contributed by atoms with Crippen molar-refractivity contribution in [3.63, 3.8) is 0 Å². The summed E-state index contributed by atoms with van der Waals surface area (Å²) in [7, 11) is 0. The summed E-state index contributed by atoms with van der Waals surface area (Å²) >= 11 is 1.41. The van der Waals surface area contributed by atoms with Crippen LogP contribution in [0, 0.1) is 12.7 Å². The zero-order valence-corrected chi connectivity index (χ0v) is 14.8. The molecule has 1 unspecified atom stereocenters. The molecule has 6 heteroatoms. The van der Waals surface area contributed by atoms with Crippen molar-refractivity contribution < 1.29 is 9.18 Å². The zero-order valence-electron chi connectivity index (χ0n) is 14.0. The Kier molecular flexibility index (Phi) is 5.28. The van der Waals surface area contributed by atoms with Gasteiger partial charge in [-0.1, -0.05) is 42.1 Å². The van der Waals surface area contributed by atoms with E-state index in [1.54, 1.807) is 12.1 Å². The molecule has 128 valence electrons. The normalized spacial score (nSPS) is 12.1. The second-order valence-electron chi connectivity index (χ2n) is 5.70. The van der Waals surface area contributed by atoms with Crippen LogP contribution >= 0.6 is 11.8 Å². The molecular formula is C19H18FN3OS. The van der Waals surface area contributed by atoms with E-state index < -0.39 is 0 Å². The van der Waals surface area contributed by atoms with Gasteiger partial charge in [-0.2, -0.15) is 0 Å². The van der Waals surface area contributed by atoms with Crippen LogP contribution in [0.5, 0.6) is 0 Å². The number of thioether (sulfide) groups is 1. The largest absolute Gasteiger partial charge is 0.351 e. The van der Waals surface area contributed by atoms with Crippen LogP contribution in [0.2, 0.25) is 0 Å². The first-order valence-electron chi connectivity index (χ1n) is 7.95. The number of fused-ring (bicyclic) bond motifs is 1. The van der Waals surface area contributed by atoms with E-state index >= 15 is 0 Å². The first-order valence-corrected chi connectivity index (χ1v) is 8.83. The molecule has 2 aromatic carbocycles. The van der Waals surface area contributed by atoms with Gasteiger partial charge < -0.3 is 5.32 Å². The average Bonchev–Trinajstić information content (AvgIpc) is 2.60. The van der Waals surface area contributed by atoms with Gasteiger partial charge in [0.25, 0.3) is 0 Å². The van der Waals surface area contributed by atoms with E-state index in [-0.39, 0.29) is 17.0 Å². The highest BCUT2D eigenvalue weighted by atomic mass is 32.2. The quantitative estimate of drug-likeness (QED) is 0.557. The minimum atomic E-state index is -0.307. The maximum absolute atomic E-state index is 12.9. The molecule has 0 bridgehead atoms. The Morgan fingerprint density at radius 2 is 1.88 bits per heavy atom. The summed E-state index contributed by atoms with van der Waals surface area (Å²) in [4.78, 5) is 21.3. The molecule has 0 aliphatic carbocycles. The van der Waals surface area contributed by atoms with E-state index in [0.29, 0.717) is 12.4 Å². The molecule has 25 heavy (non-hydrogen) atoms. The number of nitrogens with zero attached hydrogens (tertiary/aromatic N) is 2. The molecule has 0 radical (unpaired) electrons. The molecule has 1 atom stereocenters. The number of nitrogens with one attached hydrogen (secondary N) is 1. The molecule has 1 aromatic heterocycles. The molecule has 0 spiro atoms. The molecule has 1 N–H and O–H groups in total. The van der Waals surface area contributed by atoms with Crippen LogP contribution in [0.1, 0.15) is 18.3 Å². The first-order chi connectivity index (χ1) is 12.0. The topological polar surface area (TPSA) is 54.9 Å². The Bertz CT molecular complexity index is 899. The minimum absolute atomic E-state index is 0.0883. The van der Waals surface area contributed by atoms with Gasteiger partial charge in [-0.15, -0.1) is 0 Å². The number of aryl methyl sites for hydroxylation is 1. The summed E-state index contributed by atoms with van der Waals surface area (Å²) in [6, 6.07) is 13.9. The monoisotopic (exact) mass is 355 g/mol. The molecule has 0 aliphatic rings. The number of benzene rings is 2. The van der Waals surface area contributed by atoms with Crippen molar-refractivity contribution in [2.24, 2.45) is 0 Å². The number of carbonyl (C=O) groups excluding carboxylic acids is 1. The zero-order chi connectivity index (χ0) is 17.8. The van der Waals surface area contributed by atoms with E-state index in [2.05, 4.69) is 15.3 Å². The van der Waals surface area contributed by atoms with Crippen molar-refractivity contribution in [1.82, 2.24) is 15.3 Å². The number of halogens is 1. The van der Waals surface area contributed by atoms with Crippen LogP contribution in [0.15, 0.2) is 53.6 Å². The maximum atomic E-state index is 12.9. The molecule has 3 rings (SSSR count). The number of aromatic nitrogens is 2. The van der Waals surface area contributed by atoms with Crippen molar-refractivity contribution in [2.75, 3.05) is 0 Å². The third-order valence-corrected chi connectivity index (χ3v) is 4.82. The maximum Gasteiger partial charge on any atom is 0.233 e. The van der Waals surface area contributed by atoms with Gasteiger partial charge in [0.05, 0.1) is 10.8 Å². The lowest BCUT2D eigenvalue weighted by molar-refractivity contribution is -0.120. The Labute approximate surface area is 149 Å². The Hall–Kier alpha value is -2.47. The number of carbonyl (C=O) groups is 1. The van der Waals surface area contributed by atoms with E-state index in [9.17, 15) is 9.18 Å².